The number of aromatic carboxylic acids is 1. The summed E-state index contributed by atoms with van der Waals surface area (Å²) in [6, 6.07) is 3.24. The summed E-state index contributed by atoms with van der Waals surface area (Å²) in [5.41, 5.74) is 0.821. The summed E-state index contributed by atoms with van der Waals surface area (Å²) in [7, 11) is 0. The molecular formula is C11H11BrO4. The van der Waals surface area contributed by atoms with Gasteiger partial charge in [0.1, 0.15) is 17.9 Å². The van der Waals surface area contributed by atoms with Crippen molar-refractivity contribution in [2.45, 2.75) is 13.3 Å². The van der Waals surface area contributed by atoms with Crippen molar-refractivity contribution in [1.29, 1.82) is 0 Å². The van der Waals surface area contributed by atoms with E-state index in [-0.39, 0.29) is 17.9 Å². The topological polar surface area (TPSA) is 63.6 Å². The summed E-state index contributed by atoms with van der Waals surface area (Å²) in [4.78, 5) is 21.3. The van der Waals surface area contributed by atoms with E-state index in [1.807, 2.05) is 6.92 Å². The third-order valence-corrected chi connectivity index (χ3v) is 2.50. The Morgan fingerprint density at radius 2 is 2.25 bits per heavy atom. The standard InChI is InChI=1S/C11H11BrO4/c1-2-7-5-8(12)6-9(11(14)15)10(7)16-4-3-13/h3,5-6H,2,4H2,1H3,(H,14,15). The molecule has 4 nitrogen and oxygen atoms in total. The summed E-state index contributed by atoms with van der Waals surface area (Å²) < 4.78 is 5.84. The lowest BCUT2D eigenvalue weighted by atomic mass is 10.1. The molecule has 1 aromatic carbocycles. The number of aldehydes is 1. The van der Waals surface area contributed by atoms with Gasteiger partial charge in [0.05, 0.1) is 0 Å². The molecule has 0 saturated carbocycles. The molecule has 5 heteroatoms. The molecule has 1 N–H and O–H groups in total. The molecule has 0 bridgehead atoms. The lowest BCUT2D eigenvalue weighted by Crippen LogP contribution is -2.07. The van der Waals surface area contributed by atoms with Crippen LogP contribution in [0.25, 0.3) is 0 Å². The van der Waals surface area contributed by atoms with Crippen molar-refractivity contribution in [2.24, 2.45) is 0 Å². The van der Waals surface area contributed by atoms with Gasteiger partial charge < -0.3 is 9.84 Å². The van der Waals surface area contributed by atoms with Crippen molar-refractivity contribution in [2.75, 3.05) is 6.61 Å². The highest BCUT2D eigenvalue weighted by Crippen LogP contribution is 2.29. The maximum Gasteiger partial charge on any atom is 0.339 e. The van der Waals surface area contributed by atoms with E-state index in [0.717, 1.165) is 5.56 Å². The second-order valence-corrected chi connectivity index (χ2v) is 3.99. The van der Waals surface area contributed by atoms with Crippen LogP contribution < -0.4 is 4.74 Å². The molecule has 86 valence electrons. The first kappa shape index (κ1) is 12.7. The fourth-order valence-corrected chi connectivity index (χ4v) is 1.86. The van der Waals surface area contributed by atoms with Crippen LogP contribution in [0.1, 0.15) is 22.8 Å². The zero-order valence-electron chi connectivity index (χ0n) is 8.70. The Morgan fingerprint density at radius 3 is 2.75 bits per heavy atom. The van der Waals surface area contributed by atoms with Crippen LogP contribution in [-0.4, -0.2) is 24.0 Å². The monoisotopic (exact) mass is 286 g/mol. The summed E-state index contributed by atoms with van der Waals surface area (Å²) in [6.07, 6.45) is 1.22. The molecule has 0 unspecified atom stereocenters. The zero-order chi connectivity index (χ0) is 12.1. The Balaban J connectivity index is 3.26. The predicted octanol–water partition coefficient (Wildman–Crippen LogP) is 2.29. The lowest BCUT2D eigenvalue weighted by molar-refractivity contribution is -0.109. The maximum absolute atomic E-state index is 11.0. The molecule has 0 saturated heterocycles. The van der Waals surface area contributed by atoms with Gasteiger partial charge in [-0.05, 0) is 24.1 Å². The van der Waals surface area contributed by atoms with Gasteiger partial charge in [-0.3, -0.25) is 4.79 Å². The molecule has 1 rings (SSSR count). The number of ether oxygens (including phenoxy) is 1. The van der Waals surface area contributed by atoms with E-state index >= 15 is 0 Å². The number of hydrogen-bond donors (Lipinski definition) is 1. The second-order valence-electron chi connectivity index (χ2n) is 3.08. The van der Waals surface area contributed by atoms with Gasteiger partial charge in [-0.15, -0.1) is 0 Å². The second kappa shape index (κ2) is 5.65. The molecule has 0 aliphatic carbocycles. The van der Waals surface area contributed by atoms with E-state index in [4.69, 9.17) is 9.84 Å². The number of carbonyl (C=O) groups excluding carboxylic acids is 1. The summed E-state index contributed by atoms with van der Waals surface area (Å²) in [5.74, 6) is -0.804. The quantitative estimate of drug-likeness (QED) is 0.844. The fraction of sp³-hybridized carbons (Fsp3) is 0.273. The summed E-state index contributed by atoms with van der Waals surface area (Å²) in [6.45, 7) is 1.75. The van der Waals surface area contributed by atoms with Crippen LogP contribution in [0.15, 0.2) is 16.6 Å². The zero-order valence-corrected chi connectivity index (χ0v) is 10.3. The van der Waals surface area contributed by atoms with Gasteiger partial charge in [-0.1, -0.05) is 22.9 Å². The molecule has 0 atom stereocenters. The number of carboxylic acid groups (broad SMARTS) is 1. The average molecular weight is 287 g/mol. The first-order chi connectivity index (χ1) is 7.60. The Labute approximate surface area is 101 Å². The maximum atomic E-state index is 11.0. The molecule has 0 fully saturated rings. The van der Waals surface area contributed by atoms with Gasteiger partial charge in [0, 0.05) is 4.47 Å². The van der Waals surface area contributed by atoms with Gasteiger partial charge in [-0.25, -0.2) is 4.79 Å². The average Bonchev–Trinajstić information content (AvgIpc) is 2.26. The van der Waals surface area contributed by atoms with Crippen molar-refractivity contribution in [1.82, 2.24) is 0 Å². The highest BCUT2D eigenvalue weighted by molar-refractivity contribution is 9.10. The molecule has 0 heterocycles. The summed E-state index contributed by atoms with van der Waals surface area (Å²) in [5, 5.41) is 9.02. The third-order valence-electron chi connectivity index (χ3n) is 2.04. The Bertz CT molecular complexity index is 415. The van der Waals surface area contributed by atoms with Crippen LogP contribution in [0.2, 0.25) is 0 Å². The van der Waals surface area contributed by atoms with Crippen LogP contribution in [0.3, 0.4) is 0 Å². The fourth-order valence-electron chi connectivity index (χ4n) is 1.36. The molecule has 0 spiro atoms. The SMILES string of the molecule is CCc1cc(Br)cc(C(=O)O)c1OCC=O. The highest BCUT2D eigenvalue weighted by Gasteiger charge is 2.16. The third kappa shape index (κ3) is 2.82. The molecule has 16 heavy (non-hydrogen) atoms. The van der Waals surface area contributed by atoms with E-state index in [1.165, 1.54) is 6.07 Å². The van der Waals surface area contributed by atoms with E-state index in [1.54, 1.807) is 6.07 Å². The molecule has 1 aromatic rings. The van der Waals surface area contributed by atoms with Gasteiger partial charge in [0.15, 0.2) is 6.29 Å². The number of carboxylic acids is 1. The van der Waals surface area contributed by atoms with Crippen molar-refractivity contribution in [3.8, 4) is 5.75 Å². The largest absolute Gasteiger partial charge is 0.485 e. The Hall–Kier alpha value is -1.36. The van der Waals surface area contributed by atoms with E-state index in [0.29, 0.717) is 17.2 Å². The number of aryl methyl sites for hydroxylation is 1. The number of halogens is 1. The van der Waals surface area contributed by atoms with E-state index in [9.17, 15) is 9.59 Å². The van der Waals surface area contributed by atoms with Gasteiger partial charge in [0.25, 0.3) is 0 Å². The Morgan fingerprint density at radius 1 is 1.56 bits per heavy atom. The minimum absolute atomic E-state index is 0.0630. The first-order valence-corrected chi connectivity index (χ1v) is 5.51. The minimum Gasteiger partial charge on any atom is -0.485 e. The predicted molar refractivity (Wildman–Crippen MR) is 62.0 cm³/mol. The van der Waals surface area contributed by atoms with Crippen molar-refractivity contribution >= 4 is 28.2 Å². The smallest absolute Gasteiger partial charge is 0.339 e. The van der Waals surface area contributed by atoms with E-state index in [2.05, 4.69) is 15.9 Å². The highest BCUT2D eigenvalue weighted by atomic mass is 79.9. The number of carbonyl (C=O) groups is 2. The van der Waals surface area contributed by atoms with Crippen molar-refractivity contribution in [3.63, 3.8) is 0 Å². The van der Waals surface area contributed by atoms with Gasteiger partial charge >= 0.3 is 5.97 Å². The van der Waals surface area contributed by atoms with Crippen molar-refractivity contribution < 1.29 is 19.4 Å². The van der Waals surface area contributed by atoms with E-state index < -0.39 is 5.97 Å². The molecule has 0 aromatic heterocycles. The van der Waals surface area contributed by atoms with Crippen LogP contribution in [0.4, 0.5) is 0 Å². The van der Waals surface area contributed by atoms with Crippen LogP contribution in [0, 0.1) is 0 Å². The van der Waals surface area contributed by atoms with Gasteiger partial charge in [0.2, 0.25) is 0 Å². The summed E-state index contributed by atoms with van der Waals surface area (Å²) >= 11 is 3.24. The molecular weight excluding hydrogens is 276 g/mol. The van der Waals surface area contributed by atoms with Crippen LogP contribution in [0.5, 0.6) is 5.75 Å². The number of hydrogen-bond acceptors (Lipinski definition) is 3. The molecule has 0 aliphatic rings. The Kier molecular flexibility index (Phi) is 4.49. The number of rotatable bonds is 5. The lowest BCUT2D eigenvalue weighted by Gasteiger charge is -2.12. The molecule has 0 amide bonds. The van der Waals surface area contributed by atoms with Crippen LogP contribution in [-0.2, 0) is 11.2 Å². The minimum atomic E-state index is -1.07. The van der Waals surface area contributed by atoms with Crippen molar-refractivity contribution in [3.05, 3.63) is 27.7 Å². The van der Waals surface area contributed by atoms with Crippen LogP contribution >= 0.6 is 15.9 Å². The van der Waals surface area contributed by atoms with Gasteiger partial charge in [-0.2, -0.15) is 0 Å². The molecule has 0 radical (unpaired) electrons. The first-order valence-electron chi connectivity index (χ1n) is 4.72. The number of benzene rings is 1. The molecule has 0 aliphatic heterocycles. The normalized spacial score (nSPS) is 9.88.